The Morgan fingerprint density at radius 2 is 1.42 bits per heavy atom. The molecule has 2 N–H and O–H groups in total. The van der Waals surface area contributed by atoms with Crippen molar-refractivity contribution in [3.63, 3.8) is 0 Å². The van der Waals surface area contributed by atoms with E-state index in [1.54, 1.807) is 23.9 Å². The van der Waals surface area contributed by atoms with Crippen LogP contribution in [0.15, 0.2) is 0 Å². The van der Waals surface area contributed by atoms with Gasteiger partial charge in [-0.2, -0.15) is 15.0 Å². The Balaban J connectivity index is 2.35. The number of nitrogens with zero attached hydrogens (tertiary/aromatic N) is 5. The Labute approximate surface area is 112 Å². The molecule has 1 heterocycles. The van der Waals surface area contributed by atoms with Gasteiger partial charge in [0.1, 0.15) is 19.3 Å². The summed E-state index contributed by atoms with van der Waals surface area (Å²) in [7, 11) is 3.44. The summed E-state index contributed by atoms with van der Waals surface area (Å²) in [6.45, 7) is -0.313. The van der Waals surface area contributed by atoms with Gasteiger partial charge in [0.25, 0.3) is 0 Å². The predicted molar refractivity (Wildman–Crippen MR) is 72.0 cm³/mol. The van der Waals surface area contributed by atoms with Crippen LogP contribution in [0.1, 0.15) is 37.4 Å². The molecule has 1 aromatic heterocycles. The molecule has 0 atom stereocenters. The summed E-state index contributed by atoms with van der Waals surface area (Å²) in [5.74, 6) is 2.00. The van der Waals surface area contributed by atoms with Crippen molar-refractivity contribution < 1.29 is 10.2 Å². The fraction of sp³-hybridized carbons (Fsp3) is 0.750. The lowest BCUT2D eigenvalue weighted by Gasteiger charge is -2.20. The molecular weight excluding hydrogens is 246 g/mol. The van der Waals surface area contributed by atoms with Gasteiger partial charge < -0.3 is 20.0 Å². The van der Waals surface area contributed by atoms with Gasteiger partial charge in [-0.15, -0.1) is 0 Å². The van der Waals surface area contributed by atoms with Crippen molar-refractivity contribution in [3.8, 4) is 0 Å². The summed E-state index contributed by atoms with van der Waals surface area (Å²) in [5.41, 5.74) is 0. The van der Waals surface area contributed by atoms with Crippen molar-refractivity contribution in [2.24, 2.45) is 0 Å². The largest absolute Gasteiger partial charge is 0.376 e. The zero-order valence-corrected chi connectivity index (χ0v) is 11.5. The molecule has 1 aliphatic rings. The normalized spacial score (nSPS) is 15.8. The van der Waals surface area contributed by atoms with Gasteiger partial charge in [-0.05, 0) is 12.8 Å². The first kappa shape index (κ1) is 14.0. The molecule has 0 aliphatic heterocycles. The topological polar surface area (TPSA) is 85.6 Å². The monoisotopic (exact) mass is 267 g/mol. The average Bonchev–Trinajstić information content (AvgIpc) is 2.99. The number of anilines is 2. The molecule has 1 aliphatic carbocycles. The first-order chi connectivity index (χ1) is 9.15. The third-order valence-electron chi connectivity index (χ3n) is 3.46. The van der Waals surface area contributed by atoms with Crippen LogP contribution in [0.3, 0.4) is 0 Å². The molecule has 106 valence electrons. The molecule has 1 fully saturated rings. The van der Waals surface area contributed by atoms with Crippen LogP contribution in [-0.2, 0) is 0 Å². The maximum atomic E-state index is 9.19. The fourth-order valence-electron chi connectivity index (χ4n) is 2.20. The molecule has 2 rings (SSSR count). The van der Waals surface area contributed by atoms with E-state index in [1.807, 2.05) is 0 Å². The number of aliphatic hydroxyl groups is 2. The summed E-state index contributed by atoms with van der Waals surface area (Å²) in [6, 6.07) is 0. The molecule has 0 spiro atoms. The highest BCUT2D eigenvalue weighted by Crippen LogP contribution is 2.33. The first-order valence-corrected chi connectivity index (χ1v) is 6.55. The lowest BCUT2D eigenvalue weighted by molar-refractivity contribution is 0.293. The predicted octanol–water partition coefficient (Wildman–Crippen LogP) is 0.301. The van der Waals surface area contributed by atoms with Gasteiger partial charge in [0.15, 0.2) is 0 Å². The minimum Gasteiger partial charge on any atom is -0.376 e. The zero-order valence-electron chi connectivity index (χ0n) is 11.5. The van der Waals surface area contributed by atoms with Crippen LogP contribution in [0.2, 0.25) is 0 Å². The minimum absolute atomic E-state index is 0.156. The quantitative estimate of drug-likeness (QED) is 0.742. The van der Waals surface area contributed by atoms with Crippen LogP contribution in [0.25, 0.3) is 0 Å². The third kappa shape index (κ3) is 3.10. The van der Waals surface area contributed by atoms with E-state index >= 15 is 0 Å². The van der Waals surface area contributed by atoms with Crippen molar-refractivity contribution in [2.45, 2.75) is 31.6 Å². The van der Waals surface area contributed by atoms with Crippen LogP contribution in [0, 0.1) is 0 Å². The van der Waals surface area contributed by atoms with Crippen LogP contribution in [0.5, 0.6) is 0 Å². The SMILES string of the molecule is CN(CO)c1nc(C2CCCC2)nc(N(C)CO)n1. The number of rotatable bonds is 5. The molecule has 19 heavy (non-hydrogen) atoms. The fourth-order valence-corrected chi connectivity index (χ4v) is 2.20. The number of aliphatic hydroxyl groups excluding tert-OH is 2. The highest BCUT2D eigenvalue weighted by atomic mass is 16.3. The smallest absolute Gasteiger partial charge is 0.231 e. The van der Waals surface area contributed by atoms with Crippen molar-refractivity contribution in [2.75, 3.05) is 37.4 Å². The van der Waals surface area contributed by atoms with Gasteiger partial charge in [0.2, 0.25) is 11.9 Å². The molecule has 1 saturated carbocycles. The number of hydrogen-bond acceptors (Lipinski definition) is 7. The van der Waals surface area contributed by atoms with Gasteiger partial charge in [0.05, 0.1) is 0 Å². The molecular formula is C12H21N5O2. The average molecular weight is 267 g/mol. The van der Waals surface area contributed by atoms with Crippen molar-refractivity contribution in [3.05, 3.63) is 5.82 Å². The van der Waals surface area contributed by atoms with Crippen molar-refractivity contribution in [1.82, 2.24) is 15.0 Å². The summed E-state index contributed by atoms with van der Waals surface area (Å²) >= 11 is 0. The van der Waals surface area contributed by atoms with Crippen LogP contribution < -0.4 is 9.80 Å². The van der Waals surface area contributed by atoms with E-state index in [9.17, 15) is 10.2 Å². The maximum absolute atomic E-state index is 9.19. The molecule has 0 unspecified atom stereocenters. The van der Waals surface area contributed by atoms with Gasteiger partial charge in [-0.25, -0.2) is 0 Å². The standard InChI is InChI=1S/C12H21N5O2/c1-16(7-18)11-13-10(9-5-3-4-6-9)14-12(15-11)17(2)8-19/h9,18-19H,3-8H2,1-2H3. The summed E-state index contributed by atoms with van der Waals surface area (Å²) in [5, 5.41) is 18.4. The molecule has 7 heteroatoms. The second-order valence-corrected chi connectivity index (χ2v) is 4.95. The van der Waals surface area contributed by atoms with E-state index in [2.05, 4.69) is 15.0 Å². The van der Waals surface area contributed by atoms with Crippen LogP contribution in [0.4, 0.5) is 11.9 Å². The second kappa shape index (κ2) is 6.12. The van der Waals surface area contributed by atoms with Gasteiger partial charge in [-0.3, -0.25) is 0 Å². The highest BCUT2D eigenvalue weighted by molar-refractivity contribution is 5.38. The van der Waals surface area contributed by atoms with Crippen LogP contribution in [-0.4, -0.2) is 52.7 Å². The molecule has 0 radical (unpaired) electrons. The molecule has 0 bridgehead atoms. The number of hydrogen-bond donors (Lipinski definition) is 2. The van der Waals surface area contributed by atoms with E-state index in [0.717, 1.165) is 18.7 Å². The maximum Gasteiger partial charge on any atom is 0.231 e. The highest BCUT2D eigenvalue weighted by Gasteiger charge is 2.22. The first-order valence-electron chi connectivity index (χ1n) is 6.55. The zero-order chi connectivity index (χ0) is 13.8. The molecule has 0 amide bonds. The minimum atomic E-state index is -0.156. The lowest BCUT2D eigenvalue weighted by atomic mass is 10.1. The summed E-state index contributed by atoms with van der Waals surface area (Å²) < 4.78 is 0. The number of aromatic nitrogens is 3. The van der Waals surface area contributed by atoms with Crippen LogP contribution >= 0.6 is 0 Å². The lowest BCUT2D eigenvalue weighted by Crippen LogP contribution is -2.26. The van der Waals surface area contributed by atoms with E-state index in [4.69, 9.17) is 0 Å². The van der Waals surface area contributed by atoms with Crippen molar-refractivity contribution in [1.29, 1.82) is 0 Å². The van der Waals surface area contributed by atoms with Gasteiger partial charge in [0, 0.05) is 20.0 Å². The Morgan fingerprint density at radius 3 is 1.84 bits per heavy atom. The van der Waals surface area contributed by atoms with E-state index in [-0.39, 0.29) is 13.5 Å². The second-order valence-electron chi connectivity index (χ2n) is 4.95. The molecule has 7 nitrogen and oxygen atoms in total. The Morgan fingerprint density at radius 1 is 0.947 bits per heavy atom. The molecule has 0 aromatic carbocycles. The van der Waals surface area contributed by atoms with E-state index in [1.165, 1.54) is 12.8 Å². The molecule has 1 aromatic rings. The molecule has 0 saturated heterocycles. The van der Waals surface area contributed by atoms with Gasteiger partial charge in [-0.1, -0.05) is 12.8 Å². The van der Waals surface area contributed by atoms with Gasteiger partial charge >= 0.3 is 0 Å². The van der Waals surface area contributed by atoms with E-state index < -0.39 is 0 Å². The third-order valence-corrected chi connectivity index (χ3v) is 3.46. The Hall–Kier alpha value is -1.47. The summed E-state index contributed by atoms with van der Waals surface area (Å²) in [4.78, 5) is 16.2. The van der Waals surface area contributed by atoms with E-state index in [0.29, 0.717) is 17.8 Å². The summed E-state index contributed by atoms with van der Waals surface area (Å²) in [6.07, 6.45) is 4.59. The Bertz CT molecular complexity index is 394. The van der Waals surface area contributed by atoms with Crippen molar-refractivity contribution >= 4 is 11.9 Å². The Kier molecular flexibility index (Phi) is 4.49.